The number of urea groups is 1. The first kappa shape index (κ1) is 24.6. The summed E-state index contributed by atoms with van der Waals surface area (Å²) in [5, 5.41) is 6.19. The van der Waals surface area contributed by atoms with Crippen LogP contribution in [-0.4, -0.2) is 36.5 Å². The lowest BCUT2D eigenvalue weighted by atomic mass is 9.85. The second-order valence-corrected chi connectivity index (χ2v) is 10.2. The van der Waals surface area contributed by atoms with Gasteiger partial charge in [0.15, 0.2) is 0 Å². The van der Waals surface area contributed by atoms with Crippen LogP contribution in [0.25, 0.3) is 0 Å². The molecule has 6 heteroatoms. The lowest BCUT2D eigenvalue weighted by Crippen LogP contribution is -2.49. The van der Waals surface area contributed by atoms with Crippen LogP contribution in [0, 0.1) is 5.92 Å². The van der Waals surface area contributed by atoms with Crippen molar-refractivity contribution in [3.63, 3.8) is 0 Å². The molecule has 1 aliphatic rings. The molecule has 0 radical (unpaired) electrons. The van der Waals surface area contributed by atoms with Crippen molar-refractivity contribution in [1.29, 1.82) is 0 Å². The van der Waals surface area contributed by atoms with Gasteiger partial charge in [-0.05, 0) is 69.9 Å². The molecule has 3 rings (SSSR count). The smallest absolute Gasteiger partial charge is 0.318 e. The molecule has 0 aliphatic heterocycles. The normalized spacial score (nSPS) is 14.7. The van der Waals surface area contributed by atoms with Gasteiger partial charge < -0.3 is 20.4 Å². The van der Waals surface area contributed by atoms with E-state index in [9.17, 15) is 9.59 Å². The zero-order chi connectivity index (χ0) is 24.2. The Hall–Kier alpha value is -3.02. The van der Waals surface area contributed by atoms with Crippen molar-refractivity contribution in [3.8, 4) is 0 Å². The zero-order valence-electron chi connectivity index (χ0n) is 20.8. The van der Waals surface area contributed by atoms with Crippen LogP contribution >= 0.6 is 0 Å². The maximum Gasteiger partial charge on any atom is 0.318 e. The van der Waals surface area contributed by atoms with Crippen molar-refractivity contribution in [3.05, 3.63) is 59.7 Å². The van der Waals surface area contributed by atoms with Gasteiger partial charge in [-0.1, -0.05) is 36.8 Å². The molecule has 1 aliphatic carbocycles. The first-order chi connectivity index (χ1) is 15.5. The van der Waals surface area contributed by atoms with Crippen LogP contribution in [0.3, 0.4) is 0 Å². The third-order valence-electron chi connectivity index (χ3n) is 6.14. The van der Waals surface area contributed by atoms with Gasteiger partial charge in [-0.25, -0.2) is 4.79 Å². The molecule has 0 heterocycles. The molecule has 1 unspecified atom stereocenters. The second kappa shape index (κ2) is 10.3. The Morgan fingerprint density at radius 1 is 1.06 bits per heavy atom. The number of carbonyl (C=O) groups excluding carboxylic acids is 2. The van der Waals surface area contributed by atoms with Gasteiger partial charge in [0.25, 0.3) is 0 Å². The number of carbonyl (C=O) groups is 2. The van der Waals surface area contributed by atoms with Crippen LogP contribution in [0.15, 0.2) is 48.5 Å². The van der Waals surface area contributed by atoms with Crippen LogP contribution in [-0.2, 0) is 11.3 Å². The van der Waals surface area contributed by atoms with Gasteiger partial charge in [0.1, 0.15) is 0 Å². The lowest BCUT2D eigenvalue weighted by Gasteiger charge is -2.34. The fraction of sp³-hybridized carbons (Fsp3) is 0.481. The molecule has 0 saturated heterocycles. The average Bonchev–Trinajstić information content (AvgIpc) is 2.69. The van der Waals surface area contributed by atoms with E-state index >= 15 is 0 Å². The Bertz CT molecular complexity index is 962. The fourth-order valence-corrected chi connectivity index (χ4v) is 4.01. The van der Waals surface area contributed by atoms with E-state index in [0.717, 1.165) is 41.8 Å². The van der Waals surface area contributed by atoms with Crippen molar-refractivity contribution < 1.29 is 9.59 Å². The van der Waals surface area contributed by atoms with E-state index in [1.54, 1.807) is 0 Å². The van der Waals surface area contributed by atoms with Gasteiger partial charge in [-0.3, -0.25) is 4.79 Å². The van der Waals surface area contributed by atoms with Gasteiger partial charge in [0, 0.05) is 36.9 Å². The molecule has 3 amide bonds. The number of nitrogens with one attached hydrogen (secondary N) is 2. The van der Waals surface area contributed by atoms with E-state index in [1.807, 2.05) is 93.2 Å². The van der Waals surface area contributed by atoms with Crippen LogP contribution < -0.4 is 15.5 Å². The summed E-state index contributed by atoms with van der Waals surface area (Å²) in [4.78, 5) is 29.8. The van der Waals surface area contributed by atoms with Gasteiger partial charge in [0.2, 0.25) is 5.91 Å². The Labute approximate surface area is 198 Å². The molecule has 2 aromatic carbocycles. The van der Waals surface area contributed by atoms with Crippen molar-refractivity contribution in [2.45, 2.75) is 65.1 Å². The molecule has 0 spiro atoms. The van der Waals surface area contributed by atoms with Crippen molar-refractivity contribution in [2.75, 3.05) is 24.3 Å². The van der Waals surface area contributed by atoms with Gasteiger partial charge in [0.05, 0.1) is 12.6 Å². The van der Waals surface area contributed by atoms with Crippen molar-refractivity contribution in [1.82, 2.24) is 10.2 Å². The van der Waals surface area contributed by atoms with E-state index < -0.39 is 0 Å². The van der Waals surface area contributed by atoms with E-state index in [1.165, 1.54) is 0 Å². The first-order valence-corrected chi connectivity index (χ1v) is 11.8. The number of benzene rings is 2. The second-order valence-electron chi connectivity index (χ2n) is 10.2. The quantitative estimate of drug-likeness (QED) is 0.580. The number of hydrogen-bond donors (Lipinski definition) is 2. The molecule has 6 nitrogen and oxygen atoms in total. The van der Waals surface area contributed by atoms with E-state index in [-0.39, 0.29) is 29.4 Å². The molecule has 2 N–H and O–H groups in total. The number of rotatable bonds is 7. The first-order valence-electron chi connectivity index (χ1n) is 11.8. The Morgan fingerprint density at radius 2 is 1.73 bits per heavy atom. The van der Waals surface area contributed by atoms with E-state index in [0.29, 0.717) is 6.54 Å². The topological polar surface area (TPSA) is 64.7 Å². The summed E-state index contributed by atoms with van der Waals surface area (Å²) in [5.74, 6) is 0.207. The molecule has 0 aromatic heterocycles. The lowest BCUT2D eigenvalue weighted by molar-refractivity contribution is -0.122. The summed E-state index contributed by atoms with van der Waals surface area (Å²) in [6.07, 6.45) is 3.05. The Morgan fingerprint density at radius 3 is 2.27 bits per heavy atom. The van der Waals surface area contributed by atoms with Crippen molar-refractivity contribution >= 4 is 23.3 Å². The van der Waals surface area contributed by atoms with Gasteiger partial charge in [-0.2, -0.15) is 0 Å². The fourth-order valence-electron chi connectivity index (χ4n) is 4.01. The predicted octanol–water partition coefficient (Wildman–Crippen LogP) is 5.56. The van der Waals surface area contributed by atoms with Crippen LogP contribution in [0.2, 0.25) is 0 Å². The highest BCUT2D eigenvalue weighted by Crippen LogP contribution is 2.31. The van der Waals surface area contributed by atoms with Crippen LogP contribution in [0.5, 0.6) is 0 Å². The predicted molar refractivity (Wildman–Crippen MR) is 135 cm³/mol. The highest BCUT2D eigenvalue weighted by molar-refractivity contribution is 5.93. The number of anilines is 2. The van der Waals surface area contributed by atoms with Crippen LogP contribution in [0.1, 0.15) is 64.1 Å². The number of nitrogens with zero attached hydrogens (tertiary/aromatic N) is 2. The maximum absolute atomic E-state index is 13.4. The SMILES string of the molecule is CC(c1ccccc1)N(Cc1cc(NC(=O)C2CCC2)ccc1N(C)C)C(=O)NC(C)(C)C. The number of hydrogen-bond acceptors (Lipinski definition) is 3. The third kappa shape index (κ3) is 6.50. The highest BCUT2D eigenvalue weighted by atomic mass is 16.2. The molecule has 2 aromatic rings. The van der Waals surface area contributed by atoms with Gasteiger partial charge in [-0.15, -0.1) is 0 Å². The molecule has 1 atom stereocenters. The number of amides is 3. The highest BCUT2D eigenvalue weighted by Gasteiger charge is 2.27. The maximum atomic E-state index is 13.4. The summed E-state index contributed by atoms with van der Waals surface area (Å²) in [6.45, 7) is 8.42. The van der Waals surface area contributed by atoms with E-state index in [2.05, 4.69) is 17.6 Å². The molecule has 0 bridgehead atoms. The third-order valence-corrected chi connectivity index (χ3v) is 6.14. The van der Waals surface area contributed by atoms with Gasteiger partial charge >= 0.3 is 6.03 Å². The van der Waals surface area contributed by atoms with Crippen LogP contribution in [0.4, 0.5) is 16.2 Å². The standard InChI is InChI=1S/C27H38N4O2/c1-19(20-11-8-7-9-12-20)31(26(33)29-27(2,3)4)18-22-17-23(15-16-24(22)30(5)6)28-25(32)21-13-10-14-21/h7-9,11-12,15-17,19,21H,10,13-14,18H2,1-6H3,(H,28,32)(H,29,33). The minimum atomic E-state index is -0.352. The van der Waals surface area contributed by atoms with Crippen molar-refractivity contribution in [2.24, 2.45) is 5.92 Å². The molecule has 1 saturated carbocycles. The minimum absolute atomic E-state index is 0.0878. The zero-order valence-corrected chi connectivity index (χ0v) is 20.8. The average molecular weight is 451 g/mol. The summed E-state index contributed by atoms with van der Waals surface area (Å²) in [5.41, 5.74) is 3.50. The molecule has 33 heavy (non-hydrogen) atoms. The summed E-state index contributed by atoms with van der Waals surface area (Å²) < 4.78 is 0. The summed E-state index contributed by atoms with van der Waals surface area (Å²) in [7, 11) is 3.98. The molecular weight excluding hydrogens is 412 g/mol. The Balaban J connectivity index is 1.92. The van der Waals surface area contributed by atoms with E-state index in [4.69, 9.17) is 0 Å². The largest absolute Gasteiger partial charge is 0.377 e. The summed E-state index contributed by atoms with van der Waals surface area (Å²) >= 11 is 0. The monoisotopic (exact) mass is 450 g/mol. The summed E-state index contributed by atoms with van der Waals surface area (Å²) in [6, 6.07) is 15.8. The Kier molecular flexibility index (Phi) is 7.67. The minimum Gasteiger partial charge on any atom is -0.377 e. The molecule has 1 fully saturated rings. The molecule has 178 valence electrons. The molecular formula is C27H38N4O2.